The number of hydrogen-bond acceptors (Lipinski definition) is 3. The van der Waals surface area contributed by atoms with Gasteiger partial charge in [-0.15, -0.1) is 0 Å². The fourth-order valence-corrected chi connectivity index (χ4v) is 1.42. The van der Waals surface area contributed by atoms with E-state index < -0.39 is 5.97 Å². The summed E-state index contributed by atoms with van der Waals surface area (Å²) in [6.07, 6.45) is 2.33. The Morgan fingerprint density at radius 3 is 2.36 bits per heavy atom. The summed E-state index contributed by atoms with van der Waals surface area (Å²) in [6, 6.07) is -0.0551. The first-order valence-electron chi connectivity index (χ1n) is 4.49. The number of nitrogens with zero attached hydrogens (tertiary/aromatic N) is 1. The first-order chi connectivity index (χ1) is 6.49. The van der Waals surface area contributed by atoms with E-state index in [1.54, 1.807) is 11.8 Å². The van der Waals surface area contributed by atoms with E-state index >= 15 is 0 Å². The largest absolute Gasteiger partial charge is 0.480 e. The van der Waals surface area contributed by atoms with Crippen molar-refractivity contribution >= 4 is 23.6 Å². The molecule has 0 radical (unpaired) electrons. The maximum Gasteiger partial charge on any atom is 0.323 e. The summed E-state index contributed by atoms with van der Waals surface area (Å²) >= 11 is 1.58. The van der Waals surface area contributed by atoms with Crippen LogP contribution < -0.4 is 0 Å². The van der Waals surface area contributed by atoms with Crippen molar-refractivity contribution in [2.24, 2.45) is 0 Å². The van der Waals surface area contributed by atoms with Gasteiger partial charge in [-0.2, -0.15) is 11.8 Å². The number of hydrogen-bond donors (Lipinski definition) is 1. The number of carboxylic acids is 1. The van der Waals surface area contributed by atoms with E-state index in [4.69, 9.17) is 5.11 Å². The van der Waals surface area contributed by atoms with Crippen molar-refractivity contribution in [3.05, 3.63) is 0 Å². The van der Waals surface area contributed by atoms with Crippen LogP contribution in [-0.2, 0) is 9.59 Å². The number of carboxylic acid groups (broad SMARTS) is 1. The van der Waals surface area contributed by atoms with E-state index in [0.717, 1.165) is 5.75 Å². The lowest BCUT2D eigenvalue weighted by molar-refractivity contribution is -0.145. The van der Waals surface area contributed by atoms with Gasteiger partial charge in [-0.25, -0.2) is 0 Å². The van der Waals surface area contributed by atoms with E-state index in [9.17, 15) is 9.59 Å². The van der Waals surface area contributed by atoms with Gasteiger partial charge in [0.1, 0.15) is 6.54 Å². The molecule has 5 heteroatoms. The summed E-state index contributed by atoms with van der Waals surface area (Å²) in [5.74, 6) is -0.310. The Balaban J connectivity index is 4.19. The summed E-state index contributed by atoms with van der Waals surface area (Å²) in [4.78, 5) is 23.4. The van der Waals surface area contributed by atoms with Gasteiger partial charge in [-0.05, 0) is 20.1 Å². The van der Waals surface area contributed by atoms with E-state index in [2.05, 4.69) is 0 Å². The van der Waals surface area contributed by atoms with Crippen molar-refractivity contribution in [1.82, 2.24) is 4.90 Å². The number of aliphatic carboxylic acids is 1. The highest BCUT2D eigenvalue weighted by atomic mass is 32.2. The van der Waals surface area contributed by atoms with Gasteiger partial charge in [0.25, 0.3) is 0 Å². The van der Waals surface area contributed by atoms with Crippen LogP contribution in [0.25, 0.3) is 0 Å². The molecule has 0 fully saturated rings. The van der Waals surface area contributed by atoms with Gasteiger partial charge in [0.2, 0.25) is 5.91 Å². The van der Waals surface area contributed by atoms with Gasteiger partial charge in [0.05, 0.1) is 0 Å². The molecule has 82 valence electrons. The quantitative estimate of drug-likeness (QED) is 0.725. The lowest BCUT2D eigenvalue weighted by atomic mass is 10.3. The zero-order valence-corrected chi connectivity index (χ0v) is 9.63. The molecule has 0 saturated heterocycles. The van der Waals surface area contributed by atoms with Crippen molar-refractivity contribution in [3.63, 3.8) is 0 Å². The predicted octanol–water partition coefficient (Wildman–Crippen LogP) is 1.06. The summed E-state index contributed by atoms with van der Waals surface area (Å²) < 4.78 is 0. The monoisotopic (exact) mass is 219 g/mol. The smallest absolute Gasteiger partial charge is 0.323 e. The molecule has 0 rings (SSSR count). The molecule has 0 saturated carbocycles. The Morgan fingerprint density at radius 1 is 1.43 bits per heavy atom. The minimum absolute atomic E-state index is 0.0551. The van der Waals surface area contributed by atoms with Crippen molar-refractivity contribution in [2.75, 3.05) is 18.6 Å². The third kappa shape index (κ3) is 5.11. The Morgan fingerprint density at radius 2 is 2.00 bits per heavy atom. The third-order valence-corrected chi connectivity index (χ3v) is 2.38. The molecule has 0 aliphatic carbocycles. The highest BCUT2D eigenvalue weighted by Gasteiger charge is 2.18. The number of carbonyl (C=O) groups excluding carboxylic acids is 1. The fraction of sp³-hybridized carbons (Fsp3) is 0.778. The number of amides is 1. The minimum atomic E-state index is -0.962. The standard InChI is InChI=1S/C9H17NO3S/c1-7(2)10(6-9(12)13)8(11)4-5-14-3/h7H,4-6H2,1-3H3,(H,12,13). The third-order valence-electron chi connectivity index (χ3n) is 1.77. The van der Waals surface area contributed by atoms with E-state index in [1.165, 1.54) is 4.90 Å². The second kappa shape index (κ2) is 6.70. The van der Waals surface area contributed by atoms with Gasteiger partial charge in [0, 0.05) is 18.2 Å². The molecule has 0 aliphatic rings. The molecular weight excluding hydrogens is 202 g/mol. The highest BCUT2D eigenvalue weighted by Crippen LogP contribution is 2.04. The van der Waals surface area contributed by atoms with Crippen LogP contribution in [-0.4, -0.2) is 46.5 Å². The molecule has 0 aliphatic heterocycles. The van der Waals surface area contributed by atoms with Crippen LogP contribution in [0.3, 0.4) is 0 Å². The summed E-state index contributed by atoms with van der Waals surface area (Å²) in [7, 11) is 0. The summed E-state index contributed by atoms with van der Waals surface area (Å²) in [5, 5.41) is 8.61. The lowest BCUT2D eigenvalue weighted by Crippen LogP contribution is -2.40. The highest BCUT2D eigenvalue weighted by molar-refractivity contribution is 7.98. The van der Waals surface area contributed by atoms with Crippen LogP contribution in [0.5, 0.6) is 0 Å². The fourth-order valence-electron chi connectivity index (χ4n) is 1.04. The lowest BCUT2D eigenvalue weighted by Gasteiger charge is -2.24. The molecule has 0 bridgehead atoms. The van der Waals surface area contributed by atoms with E-state index in [1.807, 2.05) is 20.1 Å². The molecule has 4 nitrogen and oxygen atoms in total. The molecule has 0 heterocycles. The van der Waals surface area contributed by atoms with E-state index in [0.29, 0.717) is 6.42 Å². The molecular formula is C9H17NO3S. The van der Waals surface area contributed by atoms with E-state index in [-0.39, 0.29) is 18.5 Å². The molecule has 14 heavy (non-hydrogen) atoms. The first-order valence-corrected chi connectivity index (χ1v) is 5.88. The SMILES string of the molecule is CSCCC(=O)N(CC(=O)O)C(C)C. The molecule has 0 unspecified atom stereocenters. The molecule has 0 spiro atoms. The first kappa shape index (κ1) is 13.3. The average Bonchev–Trinajstić information content (AvgIpc) is 2.09. The van der Waals surface area contributed by atoms with Crippen molar-refractivity contribution in [2.45, 2.75) is 26.3 Å². The Kier molecular flexibility index (Phi) is 6.36. The van der Waals surface area contributed by atoms with Gasteiger partial charge < -0.3 is 10.0 Å². The molecule has 1 N–H and O–H groups in total. The van der Waals surface area contributed by atoms with Gasteiger partial charge in [-0.1, -0.05) is 0 Å². The second-order valence-electron chi connectivity index (χ2n) is 3.25. The van der Waals surface area contributed by atoms with Crippen molar-refractivity contribution < 1.29 is 14.7 Å². The average molecular weight is 219 g/mol. The maximum absolute atomic E-state index is 11.5. The second-order valence-corrected chi connectivity index (χ2v) is 4.24. The molecule has 0 aromatic carbocycles. The summed E-state index contributed by atoms with van der Waals surface area (Å²) in [6.45, 7) is 3.44. The zero-order chi connectivity index (χ0) is 11.1. The van der Waals surface area contributed by atoms with Crippen LogP contribution in [0.1, 0.15) is 20.3 Å². The van der Waals surface area contributed by atoms with Crippen LogP contribution in [0.2, 0.25) is 0 Å². The Hall–Kier alpha value is -0.710. The molecule has 0 atom stereocenters. The summed E-state index contributed by atoms with van der Waals surface area (Å²) in [5.41, 5.74) is 0. The predicted molar refractivity (Wildman–Crippen MR) is 57.5 cm³/mol. The van der Waals surface area contributed by atoms with Crippen LogP contribution in [0.4, 0.5) is 0 Å². The van der Waals surface area contributed by atoms with Crippen LogP contribution >= 0.6 is 11.8 Å². The number of carbonyl (C=O) groups is 2. The van der Waals surface area contributed by atoms with Crippen molar-refractivity contribution in [3.8, 4) is 0 Å². The molecule has 0 aromatic heterocycles. The van der Waals surface area contributed by atoms with Crippen LogP contribution in [0, 0.1) is 0 Å². The Labute approximate surface area is 88.7 Å². The maximum atomic E-state index is 11.5. The van der Waals surface area contributed by atoms with Gasteiger partial charge in [-0.3, -0.25) is 9.59 Å². The van der Waals surface area contributed by atoms with Crippen molar-refractivity contribution in [1.29, 1.82) is 0 Å². The van der Waals surface area contributed by atoms with Gasteiger partial charge >= 0.3 is 5.97 Å². The topological polar surface area (TPSA) is 57.6 Å². The normalized spacial score (nSPS) is 10.3. The molecule has 1 amide bonds. The van der Waals surface area contributed by atoms with Gasteiger partial charge in [0.15, 0.2) is 0 Å². The number of rotatable bonds is 6. The number of thioether (sulfide) groups is 1. The molecule has 0 aromatic rings. The minimum Gasteiger partial charge on any atom is -0.480 e. The Bertz CT molecular complexity index is 206. The van der Waals surface area contributed by atoms with Crippen LogP contribution in [0.15, 0.2) is 0 Å². The zero-order valence-electron chi connectivity index (χ0n) is 8.82.